The van der Waals surface area contributed by atoms with Gasteiger partial charge in [-0.2, -0.15) is 0 Å². The molecule has 0 radical (unpaired) electrons. The molecule has 3 nitrogen and oxygen atoms in total. The predicted molar refractivity (Wildman–Crippen MR) is 66.7 cm³/mol. The van der Waals surface area contributed by atoms with E-state index in [9.17, 15) is 4.79 Å². The van der Waals surface area contributed by atoms with E-state index in [4.69, 9.17) is 0 Å². The number of anilines is 3. The van der Waals surface area contributed by atoms with Crippen LogP contribution in [0.4, 0.5) is 17.1 Å². The molecular weight excluding hydrogens is 220 g/mol. The van der Waals surface area contributed by atoms with E-state index in [-0.39, 0.29) is 5.91 Å². The summed E-state index contributed by atoms with van der Waals surface area (Å²) in [7, 11) is 0. The Labute approximate surface area is 97.1 Å². The highest BCUT2D eigenvalue weighted by atomic mass is 32.1. The van der Waals surface area contributed by atoms with Crippen LogP contribution in [-0.4, -0.2) is 5.91 Å². The normalized spacial score (nSPS) is 13.2. The van der Waals surface area contributed by atoms with Crippen molar-refractivity contribution in [1.82, 2.24) is 0 Å². The average Bonchev–Trinajstić information content (AvgIpc) is 2.56. The van der Waals surface area contributed by atoms with Crippen molar-refractivity contribution in [1.29, 1.82) is 0 Å². The molecule has 2 N–H and O–H groups in total. The highest BCUT2D eigenvalue weighted by Crippen LogP contribution is 2.35. The fraction of sp³-hybridized carbons (Fsp3) is 0.0833. The summed E-state index contributed by atoms with van der Waals surface area (Å²) >= 11 is 1.58. The Balaban J connectivity index is 2.19. The largest absolute Gasteiger partial charge is 0.352 e. The molecule has 0 unspecified atom stereocenters. The summed E-state index contributed by atoms with van der Waals surface area (Å²) in [5, 5.41) is 8.17. The lowest BCUT2D eigenvalue weighted by molar-refractivity contribution is 0.102. The van der Waals surface area contributed by atoms with Gasteiger partial charge < -0.3 is 10.6 Å². The van der Waals surface area contributed by atoms with Gasteiger partial charge in [0.15, 0.2) is 0 Å². The number of hydrogen-bond acceptors (Lipinski definition) is 3. The number of thiophene rings is 1. The smallest absolute Gasteiger partial charge is 0.258 e. The van der Waals surface area contributed by atoms with Crippen LogP contribution in [0.1, 0.15) is 15.2 Å². The molecule has 0 fully saturated rings. The van der Waals surface area contributed by atoms with Gasteiger partial charge in [0.25, 0.3) is 5.91 Å². The zero-order chi connectivity index (χ0) is 11.1. The third kappa shape index (κ3) is 1.31. The molecule has 1 aliphatic rings. The molecule has 4 heteroatoms. The van der Waals surface area contributed by atoms with Crippen molar-refractivity contribution in [2.45, 2.75) is 6.92 Å². The van der Waals surface area contributed by atoms with Crippen molar-refractivity contribution in [3.8, 4) is 0 Å². The van der Waals surface area contributed by atoms with Crippen LogP contribution in [0.5, 0.6) is 0 Å². The Morgan fingerprint density at radius 2 is 1.75 bits per heavy atom. The van der Waals surface area contributed by atoms with Crippen molar-refractivity contribution in [2.24, 2.45) is 0 Å². The van der Waals surface area contributed by atoms with Crippen LogP contribution in [0.25, 0.3) is 0 Å². The number of aryl methyl sites for hydroxylation is 1. The van der Waals surface area contributed by atoms with Crippen LogP contribution in [-0.2, 0) is 0 Å². The lowest BCUT2D eigenvalue weighted by Crippen LogP contribution is -2.10. The molecule has 16 heavy (non-hydrogen) atoms. The van der Waals surface area contributed by atoms with Crippen LogP contribution < -0.4 is 10.6 Å². The van der Waals surface area contributed by atoms with Gasteiger partial charge in [-0.25, -0.2) is 0 Å². The SMILES string of the molecule is Cc1scc2c1C(=O)Nc1ccccc1N2. The van der Waals surface area contributed by atoms with Crippen molar-refractivity contribution in [3.63, 3.8) is 0 Å². The molecule has 2 heterocycles. The van der Waals surface area contributed by atoms with Gasteiger partial charge in [0.2, 0.25) is 0 Å². The van der Waals surface area contributed by atoms with Gasteiger partial charge in [0.05, 0.1) is 22.6 Å². The van der Waals surface area contributed by atoms with Gasteiger partial charge in [-0.1, -0.05) is 12.1 Å². The number of rotatable bonds is 0. The Kier molecular flexibility index (Phi) is 1.97. The van der Waals surface area contributed by atoms with Gasteiger partial charge in [0.1, 0.15) is 0 Å². The van der Waals surface area contributed by atoms with E-state index in [1.807, 2.05) is 36.6 Å². The molecular formula is C12H10N2OS. The van der Waals surface area contributed by atoms with Crippen molar-refractivity contribution >= 4 is 34.3 Å². The standard InChI is InChI=1S/C12H10N2OS/c1-7-11-10(6-16-7)13-8-4-2-3-5-9(8)14-12(11)15/h2-6,13H,1H3,(H,14,15). The molecule has 0 aliphatic carbocycles. The van der Waals surface area contributed by atoms with E-state index in [0.29, 0.717) is 0 Å². The summed E-state index contributed by atoms with van der Waals surface area (Å²) in [5.74, 6) is -0.0359. The predicted octanol–water partition coefficient (Wildman–Crippen LogP) is 3.37. The van der Waals surface area contributed by atoms with Crippen LogP contribution in [0.15, 0.2) is 29.6 Å². The second kappa shape index (κ2) is 3.35. The molecule has 1 aromatic heterocycles. The minimum absolute atomic E-state index is 0.0359. The Morgan fingerprint density at radius 3 is 2.50 bits per heavy atom. The van der Waals surface area contributed by atoms with E-state index in [2.05, 4.69) is 10.6 Å². The first-order valence-corrected chi connectivity index (χ1v) is 5.89. The number of benzene rings is 1. The molecule has 0 saturated heterocycles. The van der Waals surface area contributed by atoms with Crippen LogP contribution in [0.3, 0.4) is 0 Å². The summed E-state index contributed by atoms with van der Waals surface area (Å²) in [4.78, 5) is 13.0. The highest BCUT2D eigenvalue weighted by Gasteiger charge is 2.21. The van der Waals surface area contributed by atoms with Crippen molar-refractivity contribution in [3.05, 3.63) is 40.1 Å². The van der Waals surface area contributed by atoms with E-state index in [1.54, 1.807) is 11.3 Å². The molecule has 0 saturated carbocycles. The lowest BCUT2D eigenvalue weighted by Gasteiger charge is -2.06. The minimum Gasteiger partial charge on any atom is -0.352 e. The third-order valence-corrected chi connectivity index (χ3v) is 3.56. The topological polar surface area (TPSA) is 41.1 Å². The summed E-state index contributed by atoms with van der Waals surface area (Å²) < 4.78 is 0. The number of fused-ring (bicyclic) bond motifs is 2. The van der Waals surface area contributed by atoms with Gasteiger partial charge in [-0.05, 0) is 19.1 Å². The number of hydrogen-bond donors (Lipinski definition) is 2. The Hall–Kier alpha value is -1.81. The first kappa shape index (κ1) is 9.42. The third-order valence-electron chi connectivity index (χ3n) is 2.65. The lowest BCUT2D eigenvalue weighted by atomic mass is 10.2. The molecule has 0 spiro atoms. The first-order chi connectivity index (χ1) is 7.75. The molecule has 1 amide bonds. The summed E-state index contributed by atoms with van der Waals surface area (Å²) in [6.07, 6.45) is 0. The number of para-hydroxylation sites is 2. The van der Waals surface area contributed by atoms with Crippen molar-refractivity contribution < 1.29 is 4.79 Å². The summed E-state index contributed by atoms with van der Waals surface area (Å²) in [6, 6.07) is 7.71. The molecule has 1 aliphatic heterocycles. The number of amides is 1. The second-order valence-electron chi connectivity index (χ2n) is 3.71. The first-order valence-electron chi connectivity index (χ1n) is 5.01. The average molecular weight is 230 g/mol. The Morgan fingerprint density at radius 1 is 1.06 bits per heavy atom. The van der Waals surface area contributed by atoms with E-state index in [1.165, 1.54) is 0 Å². The highest BCUT2D eigenvalue weighted by molar-refractivity contribution is 7.10. The second-order valence-corrected chi connectivity index (χ2v) is 4.79. The summed E-state index contributed by atoms with van der Waals surface area (Å²) in [5.41, 5.74) is 3.41. The maximum absolute atomic E-state index is 12.0. The zero-order valence-corrected chi connectivity index (χ0v) is 9.52. The van der Waals surface area contributed by atoms with Crippen LogP contribution >= 0.6 is 11.3 Å². The quantitative estimate of drug-likeness (QED) is 0.728. The fourth-order valence-corrected chi connectivity index (χ4v) is 2.65. The number of carbonyl (C=O) groups excluding carboxylic acids is 1. The monoisotopic (exact) mass is 230 g/mol. The molecule has 1 aromatic carbocycles. The van der Waals surface area contributed by atoms with E-state index >= 15 is 0 Å². The maximum atomic E-state index is 12.0. The van der Waals surface area contributed by atoms with Gasteiger partial charge in [0, 0.05) is 10.3 Å². The van der Waals surface area contributed by atoms with Crippen LogP contribution in [0, 0.1) is 6.92 Å². The molecule has 2 aromatic rings. The van der Waals surface area contributed by atoms with Gasteiger partial charge in [-0.3, -0.25) is 4.79 Å². The fourth-order valence-electron chi connectivity index (χ4n) is 1.86. The number of carbonyl (C=O) groups is 1. The molecule has 3 rings (SSSR count). The zero-order valence-electron chi connectivity index (χ0n) is 8.70. The minimum atomic E-state index is -0.0359. The molecule has 0 bridgehead atoms. The molecule has 80 valence electrons. The van der Waals surface area contributed by atoms with E-state index < -0.39 is 0 Å². The Bertz CT molecular complexity index is 574. The van der Waals surface area contributed by atoms with E-state index in [0.717, 1.165) is 27.5 Å². The van der Waals surface area contributed by atoms with Gasteiger partial charge >= 0.3 is 0 Å². The van der Waals surface area contributed by atoms with Crippen molar-refractivity contribution in [2.75, 3.05) is 10.6 Å². The maximum Gasteiger partial charge on any atom is 0.258 e. The van der Waals surface area contributed by atoms with Crippen LogP contribution in [0.2, 0.25) is 0 Å². The number of nitrogens with one attached hydrogen (secondary N) is 2. The van der Waals surface area contributed by atoms with Gasteiger partial charge in [-0.15, -0.1) is 11.3 Å². The molecule has 0 atom stereocenters. The summed E-state index contributed by atoms with van der Waals surface area (Å²) in [6.45, 7) is 1.96.